The summed E-state index contributed by atoms with van der Waals surface area (Å²) in [5.74, 6) is -0.879. The molecule has 140 valence electrons. The average Bonchev–Trinajstić information content (AvgIpc) is 3.19. The molecule has 3 rings (SSSR count). The largest absolute Gasteiger partial charge is 0.464 e. The number of carbonyl (C=O) groups is 2. The summed E-state index contributed by atoms with van der Waals surface area (Å²) in [7, 11) is 1.23. The van der Waals surface area contributed by atoms with Gasteiger partial charge in [0.05, 0.1) is 24.1 Å². The highest BCUT2D eigenvalue weighted by molar-refractivity contribution is 7.19. The number of anilines is 1. The van der Waals surface area contributed by atoms with E-state index in [1.54, 1.807) is 19.9 Å². The predicted octanol–water partition coefficient (Wildman–Crippen LogP) is 3.52. The van der Waals surface area contributed by atoms with Gasteiger partial charge in [0.25, 0.3) is 0 Å². The molecule has 0 unspecified atom stereocenters. The van der Waals surface area contributed by atoms with Crippen molar-refractivity contribution in [3.63, 3.8) is 0 Å². The Labute approximate surface area is 158 Å². The maximum Gasteiger partial charge on any atom is 0.358 e. The number of ether oxygens (including phenoxy) is 1. The number of carbonyl (C=O) groups excluding carboxylic acids is 2. The minimum atomic E-state index is -0.670. The van der Waals surface area contributed by atoms with Crippen molar-refractivity contribution in [3.05, 3.63) is 52.8 Å². The van der Waals surface area contributed by atoms with Crippen LogP contribution in [-0.2, 0) is 16.0 Å². The van der Waals surface area contributed by atoms with E-state index in [0.717, 1.165) is 11.3 Å². The van der Waals surface area contributed by atoms with Crippen molar-refractivity contribution < 1.29 is 23.2 Å². The summed E-state index contributed by atoms with van der Waals surface area (Å²) in [4.78, 5) is 28.9. The Bertz CT molecular complexity index is 992. The lowest BCUT2D eigenvalue weighted by molar-refractivity contribution is -0.115. The van der Waals surface area contributed by atoms with Gasteiger partial charge in [-0.05, 0) is 31.5 Å². The van der Waals surface area contributed by atoms with E-state index in [-0.39, 0.29) is 23.2 Å². The summed E-state index contributed by atoms with van der Waals surface area (Å²) >= 11 is 1.06. The van der Waals surface area contributed by atoms with E-state index >= 15 is 0 Å². The SMILES string of the molecule is COC(=O)c1nc(NC(=O)Cc2c(C)noc2C)sc1-c1cccc(F)c1. The third-order valence-corrected chi connectivity index (χ3v) is 4.88. The van der Waals surface area contributed by atoms with Gasteiger partial charge in [-0.1, -0.05) is 28.6 Å². The summed E-state index contributed by atoms with van der Waals surface area (Å²) in [6.45, 7) is 3.48. The van der Waals surface area contributed by atoms with Crippen molar-refractivity contribution in [3.8, 4) is 10.4 Å². The molecule has 0 aliphatic rings. The summed E-state index contributed by atoms with van der Waals surface area (Å²) in [5.41, 5.74) is 1.82. The number of hydrogen-bond acceptors (Lipinski definition) is 7. The Hall–Kier alpha value is -3.07. The standard InChI is InChI=1S/C18H16FN3O4S/c1-9-13(10(2)26-22-9)8-14(23)20-18-21-15(17(24)25-3)16(27-18)11-5-4-6-12(19)7-11/h4-7H,8H2,1-3H3,(H,20,21,23). The van der Waals surface area contributed by atoms with Crippen LogP contribution in [0.25, 0.3) is 10.4 Å². The fraction of sp³-hybridized carbons (Fsp3) is 0.222. The predicted molar refractivity (Wildman–Crippen MR) is 97.2 cm³/mol. The molecule has 3 aromatic rings. The number of aromatic nitrogens is 2. The molecule has 2 heterocycles. The molecule has 0 bridgehead atoms. The second-order valence-corrected chi connectivity index (χ2v) is 6.73. The highest BCUT2D eigenvalue weighted by Gasteiger charge is 2.22. The number of nitrogens with zero attached hydrogens (tertiary/aromatic N) is 2. The van der Waals surface area contributed by atoms with Crippen LogP contribution in [0.2, 0.25) is 0 Å². The molecule has 1 amide bonds. The van der Waals surface area contributed by atoms with Crippen LogP contribution in [0.3, 0.4) is 0 Å². The number of nitrogens with one attached hydrogen (secondary N) is 1. The van der Waals surface area contributed by atoms with E-state index in [0.29, 0.717) is 27.5 Å². The summed E-state index contributed by atoms with van der Waals surface area (Å²) in [6, 6.07) is 5.77. The van der Waals surface area contributed by atoms with Gasteiger partial charge in [0.1, 0.15) is 11.6 Å². The molecular weight excluding hydrogens is 373 g/mol. The van der Waals surface area contributed by atoms with Crippen LogP contribution in [-0.4, -0.2) is 29.1 Å². The minimum Gasteiger partial charge on any atom is -0.464 e. The van der Waals surface area contributed by atoms with Gasteiger partial charge < -0.3 is 14.6 Å². The van der Waals surface area contributed by atoms with Crippen LogP contribution in [0.4, 0.5) is 9.52 Å². The molecule has 0 saturated carbocycles. The Balaban J connectivity index is 1.88. The number of thiazole rings is 1. The second kappa shape index (κ2) is 7.67. The lowest BCUT2D eigenvalue weighted by Crippen LogP contribution is -2.15. The van der Waals surface area contributed by atoms with Gasteiger partial charge >= 0.3 is 5.97 Å². The average molecular weight is 389 g/mol. The molecule has 0 atom stereocenters. The molecule has 1 N–H and O–H groups in total. The van der Waals surface area contributed by atoms with Gasteiger partial charge in [-0.15, -0.1) is 0 Å². The zero-order valence-corrected chi connectivity index (χ0v) is 15.6. The third-order valence-electron chi connectivity index (χ3n) is 3.86. The first-order valence-electron chi connectivity index (χ1n) is 7.95. The number of aryl methyl sites for hydroxylation is 2. The molecule has 0 radical (unpaired) electrons. The monoisotopic (exact) mass is 389 g/mol. The van der Waals surface area contributed by atoms with Gasteiger partial charge in [0.15, 0.2) is 10.8 Å². The molecule has 27 heavy (non-hydrogen) atoms. The zero-order valence-electron chi connectivity index (χ0n) is 14.8. The number of benzene rings is 1. The molecule has 9 heteroatoms. The number of hydrogen-bond donors (Lipinski definition) is 1. The van der Waals surface area contributed by atoms with E-state index in [9.17, 15) is 14.0 Å². The van der Waals surface area contributed by atoms with Crippen molar-refractivity contribution in [2.75, 3.05) is 12.4 Å². The Morgan fingerprint density at radius 2 is 2.11 bits per heavy atom. The maximum absolute atomic E-state index is 13.6. The summed E-state index contributed by atoms with van der Waals surface area (Å²) in [6.07, 6.45) is 0.0591. The smallest absolute Gasteiger partial charge is 0.358 e. The van der Waals surface area contributed by atoms with Crippen molar-refractivity contribution in [2.24, 2.45) is 0 Å². The first-order chi connectivity index (χ1) is 12.9. The van der Waals surface area contributed by atoms with Crippen LogP contribution < -0.4 is 5.32 Å². The fourth-order valence-corrected chi connectivity index (χ4v) is 3.48. The van der Waals surface area contributed by atoms with E-state index in [1.165, 1.54) is 25.3 Å². The highest BCUT2D eigenvalue weighted by Crippen LogP contribution is 2.34. The normalized spacial score (nSPS) is 10.7. The van der Waals surface area contributed by atoms with Crippen LogP contribution in [0.1, 0.15) is 27.5 Å². The number of halogens is 1. The summed E-state index contributed by atoms with van der Waals surface area (Å²) < 4.78 is 23.3. The zero-order chi connectivity index (χ0) is 19.6. The van der Waals surface area contributed by atoms with E-state index in [1.807, 2.05) is 0 Å². The van der Waals surface area contributed by atoms with Gasteiger partial charge in [0.2, 0.25) is 5.91 Å². The van der Waals surface area contributed by atoms with Gasteiger partial charge in [-0.3, -0.25) is 4.79 Å². The van der Waals surface area contributed by atoms with Gasteiger partial charge in [-0.25, -0.2) is 14.2 Å². The van der Waals surface area contributed by atoms with Crippen LogP contribution in [0.5, 0.6) is 0 Å². The minimum absolute atomic E-state index is 0.0146. The molecule has 0 aliphatic carbocycles. The summed E-state index contributed by atoms with van der Waals surface area (Å²) in [5, 5.41) is 6.68. The van der Waals surface area contributed by atoms with Gasteiger partial charge in [-0.2, -0.15) is 0 Å². The fourth-order valence-electron chi connectivity index (χ4n) is 2.51. The molecule has 7 nitrogen and oxygen atoms in total. The quantitative estimate of drug-likeness (QED) is 0.671. The van der Waals surface area contributed by atoms with Crippen molar-refractivity contribution in [1.82, 2.24) is 10.1 Å². The first kappa shape index (κ1) is 18.7. The molecule has 1 aromatic carbocycles. The maximum atomic E-state index is 13.6. The lowest BCUT2D eigenvalue weighted by Gasteiger charge is -2.01. The number of rotatable bonds is 5. The molecule has 0 aliphatic heterocycles. The molecule has 2 aromatic heterocycles. The van der Waals surface area contributed by atoms with Crippen LogP contribution in [0.15, 0.2) is 28.8 Å². The second-order valence-electron chi connectivity index (χ2n) is 5.73. The highest BCUT2D eigenvalue weighted by atomic mass is 32.1. The molecule has 0 saturated heterocycles. The van der Waals surface area contributed by atoms with Gasteiger partial charge in [0, 0.05) is 5.56 Å². The van der Waals surface area contributed by atoms with E-state index in [2.05, 4.69) is 15.5 Å². The molecular formula is C18H16FN3O4S. The first-order valence-corrected chi connectivity index (χ1v) is 8.77. The Morgan fingerprint density at radius 3 is 2.74 bits per heavy atom. The topological polar surface area (TPSA) is 94.3 Å². The van der Waals surface area contributed by atoms with E-state index < -0.39 is 11.8 Å². The van der Waals surface area contributed by atoms with Crippen LogP contribution >= 0.6 is 11.3 Å². The third kappa shape index (κ3) is 4.03. The number of esters is 1. The van der Waals surface area contributed by atoms with Crippen LogP contribution in [0, 0.1) is 19.7 Å². The number of amides is 1. The molecule has 0 spiro atoms. The Morgan fingerprint density at radius 1 is 1.33 bits per heavy atom. The van der Waals surface area contributed by atoms with Crippen molar-refractivity contribution in [2.45, 2.75) is 20.3 Å². The van der Waals surface area contributed by atoms with Crippen molar-refractivity contribution in [1.29, 1.82) is 0 Å². The number of methoxy groups -OCH3 is 1. The van der Waals surface area contributed by atoms with Crippen molar-refractivity contribution >= 4 is 28.3 Å². The lowest BCUT2D eigenvalue weighted by atomic mass is 10.1. The van der Waals surface area contributed by atoms with E-state index in [4.69, 9.17) is 9.26 Å². The Kier molecular flexibility index (Phi) is 5.31. The molecule has 0 fully saturated rings.